The topological polar surface area (TPSA) is 85.2 Å². The number of hydrogen-bond donors (Lipinski definition) is 1. The second kappa shape index (κ2) is 6.00. The van der Waals surface area contributed by atoms with Gasteiger partial charge >= 0.3 is 11.9 Å². The van der Waals surface area contributed by atoms with Gasteiger partial charge in [0.25, 0.3) is 5.76 Å². The van der Waals surface area contributed by atoms with Crippen LogP contribution in [0.3, 0.4) is 0 Å². The summed E-state index contributed by atoms with van der Waals surface area (Å²) in [7, 11) is 0. The van der Waals surface area contributed by atoms with Crippen molar-refractivity contribution < 1.29 is 19.4 Å². The standard InChI is InChI=1S/C9H15NO5/c1-5(2)14-8(10-13)7(11)9(12)15-6(3)4/h5-6,11H,1-4H3. The van der Waals surface area contributed by atoms with E-state index < -0.39 is 23.7 Å². The van der Waals surface area contributed by atoms with Gasteiger partial charge in [0.2, 0.25) is 0 Å². The van der Waals surface area contributed by atoms with Crippen molar-refractivity contribution in [1.82, 2.24) is 0 Å². The Bertz CT molecular complexity index is 270. The lowest BCUT2D eigenvalue weighted by molar-refractivity contribution is -0.146. The molecule has 0 heterocycles. The molecule has 0 amide bonds. The molecule has 15 heavy (non-hydrogen) atoms. The van der Waals surface area contributed by atoms with Gasteiger partial charge in [-0.3, -0.25) is 0 Å². The zero-order valence-corrected chi connectivity index (χ0v) is 9.18. The highest BCUT2D eigenvalue weighted by atomic mass is 16.6. The van der Waals surface area contributed by atoms with Crippen LogP contribution in [0.1, 0.15) is 27.7 Å². The summed E-state index contributed by atoms with van der Waals surface area (Å²) in [6, 6.07) is 0. The molecule has 0 radical (unpaired) electrons. The van der Waals surface area contributed by atoms with Gasteiger partial charge in [-0.05, 0) is 27.7 Å². The summed E-state index contributed by atoms with van der Waals surface area (Å²) in [5.41, 5.74) is 0. The van der Waals surface area contributed by atoms with Crippen LogP contribution in [0.2, 0.25) is 0 Å². The summed E-state index contributed by atoms with van der Waals surface area (Å²) >= 11 is 0. The number of nitroso groups, excluding NO2 is 1. The van der Waals surface area contributed by atoms with Crippen LogP contribution in [-0.2, 0) is 14.3 Å². The number of esters is 1. The monoisotopic (exact) mass is 217 g/mol. The molecule has 0 spiro atoms. The molecule has 0 unspecified atom stereocenters. The highest BCUT2D eigenvalue weighted by Crippen LogP contribution is 2.10. The molecule has 0 fully saturated rings. The third kappa shape index (κ3) is 4.99. The Balaban J connectivity index is 4.70. The van der Waals surface area contributed by atoms with Gasteiger partial charge in [-0.2, -0.15) is 0 Å². The minimum absolute atomic E-state index is 0.369. The van der Waals surface area contributed by atoms with Gasteiger partial charge in [0.15, 0.2) is 0 Å². The van der Waals surface area contributed by atoms with E-state index in [1.54, 1.807) is 27.7 Å². The first kappa shape index (κ1) is 13.4. The third-order valence-corrected chi connectivity index (χ3v) is 1.17. The van der Waals surface area contributed by atoms with Crippen molar-refractivity contribution in [3.8, 4) is 0 Å². The number of hydrogen-bond acceptors (Lipinski definition) is 6. The smallest absolute Gasteiger partial charge is 0.379 e. The summed E-state index contributed by atoms with van der Waals surface area (Å²) in [5.74, 6) is -2.59. The molecule has 0 aromatic rings. The summed E-state index contributed by atoms with van der Waals surface area (Å²) in [5, 5.41) is 11.7. The van der Waals surface area contributed by atoms with E-state index in [-0.39, 0.29) is 6.10 Å². The first-order valence-corrected chi connectivity index (χ1v) is 4.52. The Kier molecular flexibility index (Phi) is 5.36. The molecule has 0 aromatic heterocycles. The number of carbonyl (C=O) groups excluding carboxylic acids is 1. The van der Waals surface area contributed by atoms with E-state index in [1.807, 2.05) is 0 Å². The third-order valence-electron chi connectivity index (χ3n) is 1.17. The molecule has 1 N–H and O–H groups in total. The molecule has 0 aliphatic carbocycles. The van der Waals surface area contributed by atoms with Crippen molar-refractivity contribution >= 4 is 5.97 Å². The van der Waals surface area contributed by atoms with Gasteiger partial charge < -0.3 is 14.6 Å². The van der Waals surface area contributed by atoms with Crippen molar-refractivity contribution in [3.63, 3.8) is 0 Å². The maximum atomic E-state index is 11.1. The Morgan fingerprint density at radius 3 is 1.93 bits per heavy atom. The van der Waals surface area contributed by atoms with Crippen LogP contribution in [0.15, 0.2) is 16.8 Å². The van der Waals surface area contributed by atoms with Crippen LogP contribution < -0.4 is 0 Å². The molecule has 0 saturated heterocycles. The second-order valence-corrected chi connectivity index (χ2v) is 3.37. The number of aliphatic hydroxyl groups is 1. The molecule has 0 aromatic carbocycles. The second-order valence-electron chi connectivity index (χ2n) is 3.37. The fourth-order valence-corrected chi connectivity index (χ4v) is 0.701. The van der Waals surface area contributed by atoms with E-state index in [4.69, 9.17) is 4.74 Å². The Labute approximate surface area is 87.8 Å². The van der Waals surface area contributed by atoms with Crippen molar-refractivity contribution in [1.29, 1.82) is 0 Å². The van der Waals surface area contributed by atoms with Crippen LogP contribution >= 0.6 is 0 Å². The van der Waals surface area contributed by atoms with E-state index in [1.165, 1.54) is 0 Å². The number of nitrogens with zero attached hydrogens (tertiary/aromatic N) is 1. The van der Waals surface area contributed by atoms with E-state index in [2.05, 4.69) is 9.91 Å². The van der Waals surface area contributed by atoms with Gasteiger partial charge in [0, 0.05) is 5.18 Å². The van der Waals surface area contributed by atoms with Crippen molar-refractivity contribution in [2.45, 2.75) is 39.9 Å². The average molecular weight is 217 g/mol. The van der Waals surface area contributed by atoms with E-state index >= 15 is 0 Å². The fraction of sp³-hybridized carbons (Fsp3) is 0.667. The van der Waals surface area contributed by atoms with Crippen LogP contribution in [0.25, 0.3) is 0 Å². The van der Waals surface area contributed by atoms with Gasteiger partial charge in [-0.15, -0.1) is 4.91 Å². The Morgan fingerprint density at radius 2 is 1.60 bits per heavy atom. The zero-order valence-electron chi connectivity index (χ0n) is 9.18. The first-order valence-electron chi connectivity index (χ1n) is 4.52. The van der Waals surface area contributed by atoms with Crippen molar-refractivity contribution in [2.75, 3.05) is 0 Å². The summed E-state index contributed by atoms with van der Waals surface area (Å²) in [4.78, 5) is 21.4. The molecule has 6 heteroatoms. The quantitative estimate of drug-likeness (QED) is 0.329. The molecule has 0 aliphatic rings. The van der Waals surface area contributed by atoms with E-state index in [9.17, 15) is 14.8 Å². The van der Waals surface area contributed by atoms with E-state index in [0.717, 1.165) is 0 Å². The number of ether oxygens (including phenoxy) is 2. The van der Waals surface area contributed by atoms with E-state index in [0.29, 0.717) is 0 Å². The molecule has 0 saturated carbocycles. The van der Waals surface area contributed by atoms with Crippen molar-refractivity contribution in [3.05, 3.63) is 16.5 Å². The number of carbonyl (C=O) groups is 1. The normalized spacial score (nSPS) is 12.4. The SMILES string of the molecule is CC(C)OC(=O)C(O)=C(N=O)OC(C)C. The number of aliphatic hydroxyl groups excluding tert-OH is 1. The minimum Gasteiger partial charge on any atom is -0.498 e. The molecule has 0 bridgehead atoms. The van der Waals surface area contributed by atoms with Gasteiger partial charge in [0.05, 0.1) is 12.2 Å². The number of rotatable bonds is 5. The lowest BCUT2D eigenvalue weighted by Gasteiger charge is -2.10. The van der Waals surface area contributed by atoms with Crippen LogP contribution in [0.5, 0.6) is 0 Å². The van der Waals surface area contributed by atoms with Crippen LogP contribution in [0.4, 0.5) is 0 Å². The van der Waals surface area contributed by atoms with Gasteiger partial charge in [0.1, 0.15) is 0 Å². The predicted octanol–water partition coefficient (Wildman–Crippen LogP) is 1.86. The lowest BCUT2D eigenvalue weighted by Crippen LogP contribution is -2.16. The zero-order chi connectivity index (χ0) is 12.0. The summed E-state index contributed by atoms with van der Waals surface area (Å²) < 4.78 is 9.46. The maximum absolute atomic E-state index is 11.1. The lowest BCUT2D eigenvalue weighted by atomic mass is 10.4. The van der Waals surface area contributed by atoms with Crippen LogP contribution in [-0.4, -0.2) is 23.3 Å². The molecule has 6 nitrogen and oxygen atoms in total. The highest BCUT2D eigenvalue weighted by Gasteiger charge is 2.20. The molecule has 0 rings (SSSR count). The molecular formula is C9H15NO5. The minimum atomic E-state index is -1.03. The summed E-state index contributed by atoms with van der Waals surface area (Å²) in [6.45, 7) is 6.49. The highest BCUT2D eigenvalue weighted by molar-refractivity contribution is 5.86. The first-order chi connectivity index (χ1) is 6.88. The molecular weight excluding hydrogens is 202 g/mol. The molecule has 0 aliphatic heterocycles. The Hall–Kier alpha value is -1.59. The fourth-order valence-electron chi connectivity index (χ4n) is 0.701. The van der Waals surface area contributed by atoms with Crippen molar-refractivity contribution in [2.24, 2.45) is 5.18 Å². The summed E-state index contributed by atoms with van der Waals surface area (Å²) in [6.07, 6.45) is -0.765. The maximum Gasteiger partial charge on any atom is 0.379 e. The van der Waals surface area contributed by atoms with Gasteiger partial charge in [-0.25, -0.2) is 4.79 Å². The Morgan fingerprint density at radius 1 is 1.13 bits per heavy atom. The molecule has 86 valence electrons. The largest absolute Gasteiger partial charge is 0.498 e. The van der Waals surface area contributed by atoms with Gasteiger partial charge in [-0.1, -0.05) is 0 Å². The van der Waals surface area contributed by atoms with Crippen LogP contribution in [0, 0.1) is 4.91 Å². The average Bonchev–Trinajstić information content (AvgIpc) is 2.11. The molecule has 0 atom stereocenters. The predicted molar refractivity (Wildman–Crippen MR) is 52.9 cm³/mol.